The van der Waals surface area contributed by atoms with E-state index in [9.17, 15) is 9.59 Å². The summed E-state index contributed by atoms with van der Waals surface area (Å²) >= 11 is 0. The average molecular weight is 314 g/mol. The number of hydrazone groups is 2. The Bertz CT molecular complexity index is 474. The van der Waals surface area contributed by atoms with Crippen molar-refractivity contribution < 1.29 is 28.5 Å². The lowest BCUT2D eigenvalue weighted by molar-refractivity contribution is 0.0549. The van der Waals surface area contributed by atoms with Crippen molar-refractivity contribution in [2.75, 3.05) is 14.2 Å². The number of carbonyl (C=O) groups is 2. The Labute approximate surface area is 126 Å². The molecular formula is C12H18N4O6. The van der Waals surface area contributed by atoms with Gasteiger partial charge in [-0.1, -0.05) is 0 Å². The Kier molecular flexibility index (Phi) is 4.68. The van der Waals surface area contributed by atoms with Crippen molar-refractivity contribution in [2.45, 2.75) is 25.0 Å². The zero-order valence-corrected chi connectivity index (χ0v) is 12.2. The van der Waals surface area contributed by atoms with Gasteiger partial charge in [0.15, 0.2) is 0 Å². The number of ether oxygens (including phenoxy) is 4. The van der Waals surface area contributed by atoms with Crippen molar-refractivity contribution >= 4 is 23.7 Å². The van der Waals surface area contributed by atoms with Gasteiger partial charge in [-0.15, -0.1) is 0 Å². The van der Waals surface area contributed by atoms with Crippen LogP contribution in [0.25, 0.3) is 0 Å². The summed E-state index contributed by atoms with van der Waals surface area (Å²) < 4.78 is 19.2. The third-order valence-electron chi connectivity index (χ3n) is 3.95. The van der Waals surface area contributed by atoms with Crippen LogP contribution in [0.3, 0.4) is 0 Å². The number of carbonyl (C=O) groups excluding carboxylic acids is 2. The van der Waals surface area contributed by atoms with E-state index < -0.39 is 24.5 Å². The Morgan fingerprint density at radius 3 is 1.55 bits per heavy atom. The first-order chi connectivity index (χ1) is 10.5. The van der Waals surface area contributed by atoms with E-state index in [2.05, 4.69) is 19.7 Å². The van der Waals surface area contributed by atoms with Crippen LogP contribution >= 0.6 is 0 Å². The third kappa shape index (κ3) is 2.76. The molecule has 2 aliphatic carbocycles. The predicted octanol–water partition coefficient (Wildman–Crippen LogP) is -0.0412. The monoisotopic (exact) mass is 314 g/mol. The van der Waals surface area contributed by atoms with Crippen molar-refractivity contribution in [3.8, 4) is 0 Å². The molecule has 0 aromatic rings. The highest BCUT2D eigenvalue weighted by Gasteiger charge is 2.53. The van der Waals surface area contributed by atoms with Crippen LogP contribution in [0.2, 0.25) is 0 Å². The Morgan fingerprint density at radius 2 is 1.27 bits per heavy atom. The van der Waals surface area contributed by atoms with Crippen LogP contribution in [0.4, 0.5) is 9.59 Å². The van der Waals surface area contributed by atoms with Gasteiger partial charge in [0.1, 0.15) is 12.2 Å². The van der Waals surface area contributed by atoms with Gasteiger partial charge < -0.3 is 30.6 Å². The Hall–Kier alpha value is -2.52. The minimum absolute atomic E-state index is 0.170. The van der Waals surface area contributed by atoms with E-state index in [0.29, 0.717) is 24.3 Å². The summed E-state index contributed by atoms with van der Waals surface area (Å²) in [5, 5.41) is 7.44. The Balaban J connectivity index is 2.15. The van der Waals surface area contributed by atoms with E-state index in [4.69, 9.17) is 21.2 Å². The summed E-state index contributed by atoms with van der Waals surface area (Å²) in [7, 11) is 2.43. The van der Waals surface area contributed by atoms with Gasteiger partial charge in [-0.3, -0.25) is 0 Å². The SMILES string of the molecule is COC(=O)O[C@@H]1C[C@H]2/C(=N\N)[C@H](OC(=O)OC)C[C@@H]2/C1=N\N. The molecule has 0 heterocycles. The van der Waals surface area contributed by atoms with Crippen LogP contribution in [0, 0.1) is 11.8 Å². The van der Waals surface area contributed by atoms with Crippen molar-refractivity contribution in [3.05, 3.63) is 0 Å². The molecule has 2 saturated carbocycles. The minimum Gasteiger partial charge on any atom is -0.438 e. The molecule has 10 heteroatoms. The molecule has 0 amide bonds. The van der Waals surface area contributed by atoms with Crippen LogP contribution in [0.15, 0.2) is 10.2 Å². The van der Waals surface area contributed by atoms with Crippen molar-refractivity contribution in [2.24, 2.45) is 33.7 Å². The molecule has 2 fully saturated rings. The molecule has 0 saturated heterocycles. The van der Waals surface area contributed by atoms with Gasteiger partial charge in [0.05, 0.1) is 25.6 Å². The van der Waals surface area contributed by atoms with E-state index in [0.717, 1.165) is 0 Å². The summed E-state index contributed by atoms with van der Waals surface area (Å²) in [5.41, 5.74) is 0.986. The second-order valence-electron chi connectivity index (χ2n) is 4.91. The van der Waals surface area contributed by atoms with Crippen LogP contribution in [0.1, 0.15) is 12.8 Å². The maximum Gasteiger partial charge on any atom is 0.508 e. The van der Waals surface area contributed by atoms with E-state index in [1.165, 1.54) is 14.2 Å². The van der Waals surface area contributed by atoms with Gasteiger partial charge in [0, 0.05) is 11.8 Å². The number of nitrogens with zero attached hydrogens (tertiary/aromatic N) is 2. The van der Waals surface area contributed by atoms with Crippen LogP contribution in [-0.2, 0) is 18.9 Å². The highest BCUT2D eigenvalue weighted by atomic mass is 16.7. The van der Waals surface area contributed by atoms with Gasteiger partial charge in [0.25, 0.3) is 0 Å². The van der Waals surface area contributed by atoms with E-state index in [1.54, 1.807) is 0 Å². The molecule has 0 bridgehead atoms. The van der Waals surface area contributed by atoms with Gasteiger partial charge in [-0.2, -0.15) is 10.2 Å². The summed E-state index contributed by atoms with van der Waals surface area (Å²) in [6.45, 7) is 0. The zero-order chi connectivity index (χ0) is 16.3. The predicted molar refractivity (Wildman–Crippen MR) is 74.0 cm³/mol. The lowest BCUT2D eigenvalue weighted by atomic mass is 9.99. The highest BCUT2D eigenvalue weighted by Crippen LogP contribution is 2.43. The van der Waals surface area contributed by atoms with Crippen LogP contribution < -0.4 is 11.7 Å². The number of fused-ring (bicyclic) bond motifs is 1. The molecule has 0 radical (unpaired) electrons. The zero-order valence-electron chi connectivity index (χ0n) is 12.2. The number of nitrogens with two attached hydrogens (primary N) is 2. The normalized spacial score (nSPS) is 33.5. The van der Waals surface area contributed by atoms with Crippen LogP contribution in [0.5, 0.6) is 0 Å². The lowest BCUT2D eigenvalue weighted by Gasteiger charge is -2.17. The topological polar surface area (TPSA) is 148 Å². The second kappa shape index (κ2) is 6.50. The molecule has 2 rings (SSSR count). The molecule has 10 nitrogen and oxygen atoms in total. The van der Waals surface area contributed by atoms with Crippen molar-refractivity contribution in [1.29, 1.82) is 0 Å². The first-order valence-corrected chi connectivity index (χ1v) is 6.60. The summed E-state index contributed by atoms with van der Waals surface area (Å²) in [6, 6.07) is 0. The smallest absolute Gasteiger partial charge is 0.438 e. The van der Waals surface area contributed by atoms with Crippen LogP contribution in [-0.4, -0.2) is 50.2 Å². The first-order valence-electron chi connectivity index (χ1n) is 6.60. The molecule has 22 heavy (non-hydrogen) atoms. The second-order valence-corrected chi connectivity index (χ2v) is 4.91. The molecule has 0 aromatic heterocycles. The average Bonchev–Trinajstić information content (AvgIpc) is 3.00. The Morgan fingerprint density at radius 1 is 0.909 bits per heavy atom. The summed E-state index contributed by atoms with van der Waals surface area (Å²) in [6.07, 6.45) is -2.06. The van der Waals surface area contributed by atoms with Gasteiger partial charge in [-0.05, 0) is 12.8 Å². The van der Waals surface area contributed by atoms with Crippen molar-refractivity contribution in [1.82, 2.24) is 0 Å². The fourth-order valence-corrected chi connectivity index (χ4v) is 3.07. The number of rotatable bonds is 2. The standard InChI is InChI=1S/C12H18N4O6/c1-19-11(17)21-7-3-5-6(9(7)15-13)4-8(10(5)16-14)22-12(18)20-2/h5-8H,3-4,13-14H2,1-2H3/b15-9+,16-10+/t5-,6+,7-,8-/m1/s1. The van der Waals surface area contributed by atoms with Gasteiger partial charge >= 0.3 is 12.3 Å². The lowest BCUT2D eigenvalue weighted by Crippen LogP contribution is -2.30. The minimum atomic E-state index is -0.820. The summed E-state index contributed by atoms with van der Waals surface area (Å²) in [5.74, 6) is 10.5. The van der Waals surface area contributed by atoms with E-state index in [-0.39, 0.29) is 11.8 Å². The first kappa shape index (κ1) is 15.9. The quantitative estimate of drug-likeness (QED) is 0.409. The largest absolute Gasteiger partial charge is 0.508 e. The molecule has 2 aliphatic rings. The molecule has 0 unspecified atom stereocenters. The van der Waals surface area contributed by atoms with Gasteiger partial charge in [-0.25, -0.2) is 9.59 Å². The third-order valence-corrected chi connectivity index (χ3v) is 3.95. The van der Waals surface area contributed by atoms with Gasteiger partial charge in [0.2, 0.25) is 0 Å². The number of hydrogen-bond donors (Lipinski definition) is 2. The van der Waals surface area contributed by atoms with Crippen molar-refractivity contribution in [3.63, 3.8) is 0 Å². The maximum atomic E-state index is 11.3. The van der Waals surface area contributed by atoms with E-state index in [1.807, 2.05) is 0 Å². The molecule has 0 aliphatic heterocycles. The number of hydrogen-bond acceptors (Lipinski definition) is 10. The fourth-order valence-electron chi connectivity index (χ4n) is 3.07. The molecular weight excluding hydrogens is 296 g/mol. The highest BCUT2D eigenvalue weighted by molar-refractivity contribution is 6.05. The molecule has 122 valence electrons. The molecule has 4 atom stereocenters. The molecule has 0 spiro atoms. The molecule has 0 aromatic carbocycles. The van der Waals surface area contributed by atoms with E-state index >= 15 is 0 Å². The number of methoxy groups -OCH3 is 2. The summed E-state index contributed by atoms with van der Waals surface area (Å²) in [4.78, 5) is 22.5. The maximum absolute atomic E-state index is 11.3. The molecule has 4 N–H and O–H groups in total. The fraction of sp³-hybridized carbons (Fsp3) is 0.667.